The molecule has 0 heterocycles. The summed E-state index contributed by atoms with van der Waals surface area (Å²) in [4.78, 5) is 0. The minimum Gasteiger partial charge on any atom is -0.409 e. The van der Waals surface area contributed by atoms with Crippen LogP contribution in [0.5, 0.6) is 0 Å². The van der Waals surface area contributed by atoms with Gasteiger partial charge in [0.2, 0.25) is 0 Å². The molecule has 0 fully saturated rings. The fraction of sp³-hybridized carbons (Fsp3) is 0.900. The van der Waals surface area contributed by atoms with E-state index < -0.39 is 0 Å². The van der Waals surface area contributed by atoms with Gasteiger partial charge in [0.25, 0.3) is 0 Å². The fourth-order valence-electron chi connectivity index (χ4n) is 1.12. The molecule has 0 aromatic rings. The molecule has 0 aromatic heterocycles. The van der Waals surface area contributed by atoms with Crippen LogP contribution in [0.1, 0.15) is 27.2 Å². The average Bonchev–Trinajstić information content (AvgIpc) is 2.16. The van der Waals surface area contributed by atoms with Crippen LogP contribution >= 0.6 is 0 Å². The maximum atomic E-state index is 8.36. The van der Waals surface area contributed by atoms with Crippen LogP contribution in [-0.4, -0.2) is 36.8 Å². The Morgan fingerprint density at radius 2 is 2.13 bits per heavy atom. The van der Waals surface area contributed by atoms with Crippen molar-refractivity contribution in [1.29, 1.82) is 0 Å². The van der Waals surface area contributed by atoms with Gasteiger partial charge in [0.05, 0.1) is 6.61 Å². The Balaban J connectivity index is 3.35. The third-order valence-corrected chi connectivity index (χ3v) is 1.83. The summed E-state index contributed by atoms with van der Waals surface area (Å²) in [5.41, 5.74) is 5.37. The van der Waals surface area contributed by atoms with Crippen molar-refractivity contribution in [2.24, 2.45) is 16.8 Å². The van der Waals surface area contributed by atoms with Crippen molar-refractivity contribution < 1.29 is 9.94 Å². The lowest BCUT2D eigenvalue weighted by atomic mass is 10.2. The van der Waals surface area contributed by atoms with E-state index in [1.807, 2.05) is 6.92 Å². The number of hydrogen-bond acceptors (Lipinski definition) is 4. The molecule has 0 amide bonds. The largest absolute Gasteiger partial charge is 0.409 e. The lowest BCUT2D eigenvalue weighted by Crippen LogP contribution is -2.33. The molecule has 0 radical (unpaired) electrons. The summed E-state index contributed by atoms with van der Waals surface area (Å²) in [6.45, 7) is 8.49. The minimum atomic E-state index is 0.198. The Kier molecular flexibility index (Phi) is 8.04. The summed E-state index contributed by atoms with van der Waals surface area (Å²) >= 11 is 0. The van der Waals surface area contributed by atoms with Crippen LogP contribution in [-0.2, 0) is 4.74 Å². The number of nitrogens with one attached hydrogen (secondary N) is 1. The molecule has 5 heteroatoms. The van der Waals surface area contributed by atoms with E-state index in [2.05, 4.69) is 24.3 Å². The zero-order valence-corrected chi connectivity index (χ0v) is 9.86. The zero-order chi connectivity index (χ0) is 11.7. The SMILES string of the molecule is CC(C)COCCNC(C)CC(N)=NO. The molecule has 0 spiro atoms. The Morgan fingerprint density at radius 1 is 1.47 bits per heavy atom. The summed E-state index contributed by atoms with van der Waals surface area (Å²) in [6.07, 6.45) is 0.542. The van der Waals surface area contributed by atoms with Crippen LogP contribution in [0.25, 0.3) is 0 Å². The second-order valence-corrected chi connectivity index (χ2v) is 4.12. The number of hydrogen-bond donors (Lipinski definition) is 3. The number of oxime groups is 1. The molecule has 90 valence electrons. The van der Waals surface area contributed by atoms with Crippen molar-refractivity contribution in [3.05, 3.63) is 0 Å². The Labute approximate surface area is 91.7 Å². The Bertz CT molecular complexity index is 184. The normalized spacial score (nSPS) is 14.5. The predicted molar refractivity (Wildman–Crippen MR) is 61.1 cm³/mol. The third-order valence-electron chi connectivity index (χ3n) is 1.83. The van der Waals surface area contributed by atoms with Crippen molar-refractivity contribution in [2.45, 2.75) is 33.2 Å². The molecule has 4 N–H and O–H groups in total. The highest BCUT2D eigenvalue weighted by atomic mass is 16.5. The van der Waals surface area contributed by atoms with Gasteiger partial charge >= 0.3 is 0 Å². The smallest absolute Gasteiger partial charge is 0.140 e. The van der Waals surface area contributed by atoms with Crippen LogP contribution in [0.4, 0.5) is 0 Å². The van der Waals surface area contributed by atoms with E-state index in [1.54, 1.807) is 0 Å². The Hall–Kier alpha value is -0.810. The highest BCUT2D eigenvalue weighted by Crippen LogP contribution is 1.92. The van der Waals surface area contributed by atoms with Crippen LogP contribution in [0.3, 0.4) is 0 Å². The molecule has 0 saturated heterocycles. The maximum absolute atomic E-state index is 8.36. The molecule has 1 unspecified atom stereocenters. The first-order valence-electron chi connectivity index (χ1n) is 5.33. The van der Waals surface area contributed by atoms with Gasteiger partial charge in [-0.25, -0.2) is 0 Å². The molecule has 0 aromatic carbocycles. The maximum Gasteiger partial charge on any atom is 0.140 e. The molecule has 0 aliphatic heterocycles. The molecule has 5 nitrogen and oxygen atoms in total. The van der Waals surface area contributed by atoms with Crippen molar-refractivity contribution in [1.82, 2.24) is 5.32 Å². The van der Waals surface area contributed by atoms with E-state index >= 15 is 0 Å². The second-order valence-electron chi connectivity index (χ2n) is 4.12. The Morgan fingerprint density at radius 3 is 2.67 bits per heavy atom. The highest BCUT2D eigenvalue weighted by molar-refractivity contribution is 5.80. The van der Waals surface area contributed by atoms with Gasteiger partial charge in [-0.3, -0.25) is 0 Å². The van der Waals surface area contributed by atoms with Crippen LogP contribution in [0.2, 0.25) is 0 Å². The number of nitrogens with zero attached hydrogens (tertiary/aromatic N) is 1. The second kappa shape index (κ2) is 8.49. The van der Waals surface area contributed by atoms with Crippen molar-refractivity contribution in [3.8, 4) is 0 Å². The molecule has 1 atom stereocenters. The quantitative estimate of drug-likeness (QED) is 0.184. The van der Waals surface area contributed by atoms with Crippen LogP contribution < -0.4 is 11.1 Å². The fourth-order valence-corrected chi connectivity index (χ4v) is 1.12. The molecule has 0 aliphatic rings. The summed E-state index contributed by atoms with van der Waals surface area (Å²) in [7, 11) is 0. The van der Waals surface area contributed by atoms with Gasteiger partial charge < -0.3 is 21.0 Å². The highest BCUT2D eigenvalue weighted by Gasteiger charge is 2.03. The summed E-state index contributed by atoms with van der Waals surface area (Å²) < 4.78 is 5.40. The van der Waals surface area contributed by atoms with Gasteiger partial charge in [0.1, 0.15) is 5.84 Å². The van der Waals surface area contributed by atoms with Crippen molar-refractivity contribution in [3.63, 3.8) is 0 Å². The van der Waals surface area contributed by atoms with Crippen molar-refractivity contribution in [2.75, 3.05) is 19.8 Å². The topological polar surface area (TPSA) is 79.9 Å². The van der Waals surface area contributed by atoms with Gasteiger partial charge in [-0.05, 0) is 12.8 Å². The van der Waals surface area contributed by atoms with Crippen molar-refractivity contribution >= 4 is 5.84 Å². The van der Waals surface area contributed by atoms with Gasteiger partial charge in [-0.15, -0.1) is 0 Å². The van der Waals surface area contributed by atoms with E-state index in [4.69, 9.17) is 15.7 Å². The number of nitrogens with two attached hydrogens (primary N) is 1. The molecular weight excluding hydrogens is 194 g/mol. The monoisotopic (exact) mass is 217 g/mol. The molecule has 0 bridgehead atoms. The van der Waals surface area contributed by atoms with Crippen LogP contribution in [0, 0.1) is 5.92 Å². The summed E-state index contributed by atoms with van der Waals surface area (Å²) in [6, 6.07) is 0.198. The molecule has 0 saturated carbocycles. The average molecular weight is 217 g/mol. The molecule has 15 heavy (non-hydrogen) atoms. The van der Waals surface area contributed by atoms with Gasteiger partial charge in [-0.1, -0.05) is 19.0 Å². The standard InChI is InChI=1S/C10H23N3O2/c1-8(2)7-15-5-4-12-9(3)6-10(11)13-14/h8-9,12,14H,4-7H2,1-3H3,(H2,11,13). The van der Waals surface area contributed by atoms with Gasteiger partial charge in [0.15, 0.2) is 0 Å². The van der Waals surface area contributed by atoms with Gasteiger partial charge in [0, 0.05) is 25.6 Å². The molecule has 0 aliphatic carbocycles. The number of amidine groups is 1. The van der Waals surface area contributed by atoms with E-state index in [1.165, 1.54) is 0 Å². The first kappa shape index (κ1) is 14.2. The van der Waals surface area contributed by atoms with E-state index in [0.717, 1.165) is 13.2 Å². The zero-order valence-electron chi connectivity index (χ0n) is 9.86. The first-order valence-corrected chi connectivity index (χ1v) is 5.33. The van der Waals surface area contributed by atoms with E-state index in [9.17, 15) is 0 Å². The minimum absolute atomic E-state index is 0.198. The lowest BCUT2D eigenvalue weighted by Gasteiger charge is -2.13. The van der Waals surface area contributed by atoms with Crippen LogP contribution in [0.15, 0.2) is 5.16 Å². The first-order chi connectivity index (χ1) is 7.06. The molecular formula is C10H23N3O2. The molecule has 0 rings (SSSR count). The summed E-state index contributed by atoms with van der Waals surface area (Å²) in [5.74, 6) is 0.817. The third kappa shape index (κ3) is 9.49. The number of ether oxygens (including phenoxy) is 1. The predicted octanol–water partition coefficient (Wildman–Crippen LogP) is 0.774. The summed E-state index contributed by atoms with van der Waals surface area (Å²) in [5, 5.41) is 14.5. The van der Waals surface area contributed by atoms with E-state index in [0.29, 0.717) is 18.9 Å². The number of rotatable bonds is 8. The lowest BCUT2D eigenvalue weighted by molar-refractivity contribution is 0.110. The van der Waals surface area contributed by atoms with Gasteiger partial charge in [-0.2, -0.15) is 0 Å². The van der Waals surface area contributed by atoms with E-state index in [-0.39, 0.29) is 11.9 Å².